The lowest BCUT2D eigenvalue weighted by atomic mass is 9.95. The summed E-state index contributed by atoms with van der Waals surface area (Å²) >= 11 is 1.27. The van der Waals surface area contributed by atoms with Crippen molar-refractivity contribution in [1.82, 2.24) is 4.57 Å². The second-order valence-electron chi connectivity index (χ2n) is 8.40. The van der Waals surface area contributed by atoms with Crippen LogP contribution in [0.5, 0.6) is 11.5 Å². The molecule has 0 bridgehead atoms. The van der Waals surface area contributed by atoms with Gasteiger partial charge >= 0.3 is 5.97 Å². The van der Waals surface area contributed by atoms with Gasteiger partial charge in [0, 0.05) is 31.4 Å². The summed E-state index contributed by atoms with van der Waals surface area (Å²) in [6.45, 7) is 3.76. The average Bonchev–Trinajstić information content (AvgIpc) is 3.17. The van der Waals surface area contributed by atoms with E-state index in [0.29, 0.717) is 32.1 Å². The Hall–Kier alpha value is -3.85. The fourth-order valence-electron chi connectivity index (χ4n) is 4.14. The van der Waals surface area contributed by atoms with E-state index >= 15 is 0 Å². The third-order valence-corrected chi connectivity index (χ3v) is 6.95. The Bertz CT molecular complexity index is 1500. The zero-order chi connectivity index (χ0) is 26.0. The summed E-state index contributed by atoms with van der Waals surface area (Å²) in [4.78, 5) is 33.9. The number of hydrogen-bond donors (Lipinski definition) is 0. The largest absolute Gasteiger partial charge is 0.497 e. The third kappa shape index (κ3) is 4.66. The summed E-state index contributed by atoms with van der Waals surface area (Å²) < 4.78 is 18.2. The number of hydrogen-bond acceptors (Lipinski definition) is 8. The van der Waals surface area contributed by atoms with Crippen molar-refractivity contribution < 1.29 is 19.0 Å². The Morgan fingerprint density at radius 3 is 2.47 bits per heavy atom. The predicted octanol–water partition coefficient (Wildman–Crippen LogP) is 2.88. The van der Waals surface area contributed by atoms with E-state index in [1.165, 1.54) is 11.3 Å². The molecule has 0 fully saturated rings. The number of aromatic nitrogens is 1. The fourth-order valence-corrected chi connectivity index (χ4v) is 5.18. The van der Waals surface area contributed by atoms with Crippen LogP contribution in [0.15, 0.2) is 63.5 Å². The SMILES string of the molecule is CCOC(=O)C1=C(C)N=c2s/c(=C\c3ccc(OC)cc3OC)c(=O)n2[C@H]1c1ccc(N(C)C)cc1. The van der Waals surface area contributed by atoms with Crippen LogP contribution in [0.25, 0.3) is 6.08 Å². The second kappa shape index (κ2) is 10.4. The van der Waals surface area contributed by atoms with Crippen molar-refractivity contribution in [2.45, 2.75) is 19.9 Å². The number of fused-ring (bicyclic) bond motifs is 1. The van der Waals surface area contributed by atoms with Gasteiger partial charge in [-0.3, -0.25) is 9.36 Å². The van der Waals surface area contributed by atoms with Gasteiger partial charge in [-0.15, -0.1) is 0 Å². The van der Waals surface area contributed by atoms with Crippen molar-refractivity contribution in [3.63, 3.8) is 0 Å². The van der Waals surface area contributed by atoms with Gasteiger partial charge in [0.2, 0.25) is 0 Å². The molecule has 0 saturated heterocycles. The Labute approximate surface area is 213 Å². The quantitative estimate of drug-likeness (QED) is 0.458. The van der Waals surface area contributed by atoms with E-state index in [4.69, 9.17) is 14.2 Å². The average molecular weight is 508 g/mol. The molecule has 188 valence electrons. The van der Waals surface area contributed by atoms with E-state index in [-0.39, 0.29) is 12.2 Å². The highest BCUT2D eigenvalue weighted by Gasteiger charge is 2.33. The van der Waals surface area contributed by atoms with Gasteiger partial charge in [0.15, 0.2) is 4.80 Å². The molecular weight excluding hydrogens is 478 g/mol. The molecule has 1 aliphatic heterocycles. The first-order chi connectivity index (χ1) is 17.3. The minimum absolute atomic E-state index is 0.226. The van der Waals surface area contributed by atoms with Gasteiger partial charge in [-0.05, 0) is 49.8 Å². The lowest BCUT2D eigenvalue weighted by Crippen LogP contribution is -2.40. The summed E-state index contributed by atoms with van der Waals surface area (Å²) in [5.41, 5.74) is 3.19. The minimum Gasteiger partial charge on any atom is -0.497 e. The number of anilines is 1. The van der Waals surface area contributed by atoms with Crippen LogP contribution in [-0.2, 0) is 9.53 Å². The van der Waals surface area contributed by atoms with Crippen molar-refractivity contribution in [3.05, 3.63) is 84.5 Å². The molecule has 1 aliphatic rings. The van der Waals surface area contributed by atoms with Gasteiger partial charge in [0.05, 0.1) is 42.7 Å². The van der Waals surface area contributed by atoms with Crippen LogP contribution in [0.1, 0.15) is 31.0 Å². The number of carbonyl (C=O) groups is 1. The molecule has 3 aromatic rings. The molecule has 2 heterocycles. The highest BCUT2D eigenvalue weighted by atomic mass is 32.1. The van der Waals surface area contributed by atoms with E-state index in [1.807, 2.05) is 55.4 Å². The fraction of sp³-hybridized carbons (Fsp3) is 0.296. The number of nitrogens with zero attached hydrogens (tertiary/aromatic N) is 3. The van der Waals surface area contributed by atoms with E-state index in [2.05, 4.69) is 4.99 Å². The molecule has 1 atom stereocenters. The molecule has 0 radical (unpaired) electrons. The standard InChI is InChI=1S/C27H29N3O5S/c1-7-35-26(32)23-16(2)28-27-30(24(23)17-8-11-19(12-9-17)29(3)4)25(31)22(36-27)14-18-10-13-20(33-5)15-21(18)34-6/h8-15,24H,7H2,1-6H3/b22-14-/t24-/m0/s1. The molecule has 2 aromatic carbocycles. The Morgan fingerprint density at radius 2 is 1.86 bits per heavy atom. The molecule has 9 heteroatoms. The van der Waals surface area contributed by atoms with Crippen molar-refractivity contribution in [1.29, 1.82) is 0 Å². The molecule has 8 nitrogen and oxygen atoms in total. The maximum absolute atomic E-state index is 13.8. The number of methoxy groups -OCH3 is 2. The van der Waals surface area contributed by atoms with Crippen LogP contribution in [0, 0.1) is 0 Å². The first kappa shape index (κ1) is 25.2. The normalized spacial score (nSPS) is 15.3. The number of rotatable bonds is 7. The number of thiazole rings is 1. The van der Waals surface area contributed by atoms with Crippen molar-refractivity contribution in [2.24, 2.45) is 4.99 Å². The molecule has 0 amide bonds. The topological polar surface area (TPSA) is 82.4 Å². The molecule has 0 N–H and O–H groups in total. The van der Waals surface area contributed by atoms with Crippen LogP contribution in [0.3, 0.4) is 0 Å². The van der Waals surface area contributed by atoms with Crippen molar-refractivity contribution in [2.75, 3.05) is 39.8 Å². The number of ether oxygens (including phenoxy) is 3. The van der Waals surface area contributed by atoms with Gasteiger partial charge in [0.25, 0.3) is 5.56 Å². The number of carbonyl (C=O) groups excluding carboxylic acids is 1. The molecule has 0 unspecified atom stereocenters. The number of allylic oxidation sites excluding steroid dienone is 1. The van der Waals surface area contributed by atoms with Gasteiger partial charge in [0.1, 0.15) is 11.5 Å². The summed E-state index contributed by atoms with van der Waals surface area (Å²) in [7, 11) is 7.07. The lowest BCUT2D eigenvalue weighted by Gasteiger charge is -2.25. The Morgan fingerprint density at radius 1 is 1.14 bits per heavy atom. The summed E-state index contributed by atoms with van der Waals surface area (Å²) in [6, 6.07) is 12.5. The van der Waals surface area contributed by atoms with Crippen LogP contribution >= 0.6 is 11.3 Å². The Kier molecular flexibility index (Phi) is 7.30. The molecule has 1 aromatic heterocycles. The van der Waals surface area contributed by atoms with E-state index in [0.717, 1.165) is 16.8 Å². The first-order valence-electron chi connectivity index (χ1n) is 11.5. The maximum Gasteiger partial charge on any atom is 0.338 e. The van der Waals surface area contributed by atoms with Crippen LogP contribution in [0.2, 0.25) is 0 Å². The number of esters is 1. The Balaban J connectivity index is 1.93. The molecule has 36 heavy (non-hydrogen) atoms. The van der Waals surface area contributed by atoms with Gasteiger partial charge < -0.3 is 19.1 Å². The van der Waals surface area contributed by atoms with E-state index in [9.17, 15) is 9.59 Å². The van der Waals surface area contributed by atoms with Crippen molar-refractivity contribution >= 4 is 29.1 Å². The molecule has 0 saturated carbocycles. The zero-order valence-corrected chi connectivity index (χ0v) is 22.0. The maximum atomic E-state index is 13.8. The van der Waals surface area contributed by atoms with Gasteiger partial charge in [-0.25, -0.2) is 9.79 Å². The summed E-state index contributed by atoms with van der Waals surface area (Å²) in [5, 5.41) is 0. The highest BCUT2D eigenvalue weighted by molar-refractivity contribution is 7.07. The zero-order valence-electron chi connectivity index (χ0n) is 21.2. The predicted molar refractivity (Wildman–Crippen MR) is 141 cm³/mol. The number of benzene rings is 2. The van der Waals surface area contributed by atoms with Gasteiger partial charge in [-0.2, -0.15) is 0 Å². The first-order valence-corrected chi connectivity index (χ1v) is 12.3. The lowest BCUT2D eigenvalue weighted by molar-refractivity contribution is -0.139. The summed E-state index contributed by atoms with van der Waals surface area (Å²) in [6.07, 6.45) is 1.78. The van der Waals surface area contributed by atoms with Gasteiger partial charge in [-0.1, -0.05) is 23.5 Å². The van der Waals surface area contributed by atoms with Crippen molar-refractivity contribution in [3.8, 4) is 11.5 Å². The molecule has 4 rings (SSSR count). The third-order valence-electron chi connectivity index (χ3n) is 5.97. The molecule has 0 spiro atoms. The van der Waals surface area contributed by atoms with Crippen LogP contribution < -0.4 is 29.3 Å². The molecule has 0 aliphatic carbocycles. The highest BCUT2D eigenvalue weighted by Crippen LogP contribution is 2.32. The van der Waals surface area contributed by atoms with E-state index in [1.54, 1.807) is 44.8 Å². The van der Waals surface area contributed by atoms with E-state index < -0.39 is 12.0 Å². The monoisotopic (exact) mass is 507 g/mol. The second-order valence-corrected chi connectivity index (χ2v) is 9.41. The summed E-state index contributed by atoms with van der Waals surface area (Å²) in [5.74, 6) is 0.757. The van der Waals surface area contributed by atoms with Crippen LogP contribution in [0.4, 0.5) is 5.69 Å². The smallest absolute Gasteiger partial charge is 0.338 e. The molecular formula is C27H29N3O5S. The minimum atomic E-state index is -0.656. The van der Waals surface area contributed by atoms with Crippen LogP contribution in [-0.4, -0.2) is 45.5 Å².